The number of carbonyl (C=O) groups excluding carboxylic acids is 1. The Balaban J connectivity index is 1.72. The Kier molecular flexibility index (Phi) is 4.59. The third-order valence-corrected chi connectivity index (χ3v) is 3.80. The molecule has 1 aromatic heterocycles. The summed E-state index contributed by atoms with van der Waals surface area (Å²) in [4.78, 5) is 19.3. The molecule has 2 aromatic carbocycles. The van der Waals surface area contributed by atoms with Crippen molar-refractivity contribution in [3.8, 4) is 6.07 Å². The molecule has 0 aliphatic carbocycles. The number of aromatic nitrogens is 2. The van der Waals surface area contributed by atoms with Crippen LogP contribution in [0.3, 0.4) is 0 Å². The highest BCUT2D eigenvalue weighted by Crippen LogP contribution is 2.17. The van der Waals surface area contributed by atoms with Gasteiger partial charge < -0.3 is 15.6 Å². The van der Waals surface area contributed by atoms with Gasteiger partial charge >= 0.3 is 0 Å². The van der Waals surface area contributed by atoms with Crippen LogP contribution in [0.1, 0.15) is 0 Å². The van der Waals surface area contributed by atoms with E-state index in [4.69, 9.17) is 0 Å². The number of nitrogens with zero attached hydrogens (tertiary/aromatic N) is 2. The van der Waals surface area contributed by atoms with Gasteiger partial charge in [0.25, 0.3) is 5.91 Å². The second-order valence-electron chi connectivity index (χ2n) is 4.91. The molecule has 1 amide bonds. The average Bonchev–Trinajstić information content (AvgIpc) is 3.05. The summed E-state index contributed by atoms with van der Waals surface area (Å²) < 4.78 is 0.910. The van der Waals surface area contributed by atoms with Gasteiger partial charge in [-0.15, -0.1) is 0 Å². The topological polar surface area (TPSA) is 93.6 Å². The van der Waals surface area contributed by atoms with Gasteiger partial charge in [0.15, 0.2) is 0 Å². The summed E-state index contributed by atoms with van der Waals surface area (Å²) in [7, 11) is 0. The first kappa shape index (κ1) is 15.8. The summed E-state index contributed by atoms with van der Waals surface area (Å²) >= 11 is 3.33. The maximum atomic E-state index is 12.2. The van der Waals surface area contributed by atoms with Crippen LogP contribution in [-0.4, -0.2) is 15.9 Å². The third kappa shape index (κ3) is 3.62. The summed E-state index contributed by atoms with van der Waals surface area (Å²) in [5, 5.41) is 14.8. The lowest BCUT2D eigenvalue weighted by Crippen LogP contribution is -2.14. The second-order valence-corrected chi connectivity index (χ2v) is 5.83. The number of H-pyrrole nitrogens is 1. The first-order valence-electron chi connectivity index (χ1n) is 7.02. The second kappa shape index (κ2) is 6.98. The van der Waals surface area contributed by atoms with Gasteiger partial charge in [-0.2, -0.15) is 5.26 Å². The monoisotopic (exact) mass is 381 g/mol. The number of aromatic amines is 1. The van der Waals surface area contributed by atoms with Gasteiger partial charge in [0.1, 0.15) is 11.6 Å². The number of carbonyl (C=O) groups is 1. The van der Waals surface area contributed by atoms with Crippen molar-refractivity contribution in [2.24, 2.45) is 0 Å². The smallest absolute Gasteiger partial charge is 0.267 e. The number of nitrogens with one attached hydrogen (secondary N) is 3. The van der Waals surface area contributed by atoms with Crippen LogP contribution in [0.2, 0.25) is 0 Å². The molecule has 1 heterocycles. The zero-order valence-corrected chi connectivity index (χ0v) is 14.0. The minimum Gasteiger partial charge on any atom is -0.360 e. The minimum atomic E-state index is -0.477. The number of rotatable bonds is 4. The van der Waals surface area contributed by atoms with Gasteiger partial charge in [0.05, 0.1) is 17.4 Å². The Morgan fingerprint density at radius 2 is 1.96 bits per heavy atom. The molecule has 3 aromatic rings. The number of hydrogen-bond acceptors (Lipinski definition) is 4. The third-order valence-electron chi connectivity index (χ3n) is 3.27. The molecule has 24 heavy (non-hydrogen) atoms. The zero-order chi connectivity index (χ0) is 16.9. The van der Waals surface area contributed by atoms with Crippen molar-refractivity contribution in [2.45, 2.75) is 0 Å². The Morgan fingerprint density at radius 1 is 1.21 bits per heavy atom. The molecule has 0 saturated heterocycles. The SMILES string of the molecule is N#C/C(=C/Nc1ccc2nc[nH]c2c1)C(=O)Nc1ccc(Br)cc1. The highest BCUT2D eigenvalue weighted by molar-refractivity contribution is 9.10. The molecule has 0 fully saturated rings. The molecule has 0 aliphatic rings. The Labute approximate surface area is 146 Å². The van der Waals surface area contributed by atoms with Crippen molar-refractivity contribution in [3.05, 3.63) is 65.0 Å². The minimum absolute atomic E-state index is 0.0253. The zero-order valence-electron chi connectivity index (χ0n) is 12.4. The summed E-state index contributed by atoms with van der Waals surface area (Å²) in [5.74, 6) is -0.477. The number of amides is 1. The normalized spacial score (nSPS) is 11.1. The van der Waals surface area contributed by atoms with Crippen molar-refractivity contribution >= 4 is 44.2 Å². The van der Waals surface area contributed by atoms with Crippen molar-refractivity contribution in [2.75, 3.05) is 10.6 Å². The molecule has 7 heteroatoms. The van der Waals surface area contributed by atoms with Crippen LogP contribution in [0, 0.1) is 11.3 Å². The van der Waals surface area contributed by atoms with E-state index in [0.717, 1.165) is 21.2 Å². The number of anilines is 2. The Bertz CT molecular complexity index is 953. The van der Waals surface area contributed by atoms with Crippen LogP contribution in [-0.2, 0) is 4.79 Å². The van der Waals surface area contributed by atoms with Crippen LogP contribution in [0.15, 0.2) is 65.0 Å². The molecule has 118 valence electrons. The molecule has 0 atom stereocenters. The largest absolute Gasteiger partial charge is 0.360 e. The molecular weight excluding hydrogens is 370 g/mol. The van der Waals surface area contributed by atoms with E-state index >= 15 is 0 Å². The van der Waals surface area contributed by atoms with E-state index in [2.05, 4.69) is 36.5 Å². The maximum absolute atomic E-state index is 12.2. The van der Waals surface area contributed by atoms with Crippen LogP contribution < -0.4 is 10.6 Å². The first-order valence-corrected chi connectivity index (χ1v) is 7.82. The average molecular weight is 382 g/mol. The molecule has 0 aliphatic heterocycles. The van der Waals surface area contributed by atoms with Gasteiger partial charge in [-0.3, -0.25) is 4.79 Å². The fourth-order valence-electron chi connectivity index (χ4n) is 2.06. The number of imidazole rings is 1. The van der Waals surface area contributed by atoms with E-state index in [-0.39, 0.29) is 5.57 Å². The van der Waals surface area contributed by atoms with E-state index < -0.39 is 5.91 Å². The van der Waals surface area contributed by atoms with Crippen molar-refractivity contribution < 1.29 is 4.79 Å². The van der Waals surface area contributed by atoms with E-state index in [1.54, 1.807) is 18.5 Å². The van der Waals surface area contributed by atoms with Crippen LogP contribution in [0.4, 0.5) is 11.4 Å². The Morgan fingerprint density at radius 3 is 2.71 bits per heavy atom. The first-order chi connectivity index (χ1) is 11.7. The summed E-state index contributed by atoms with van der Waals surface area (Å²) in [5.41, 5.74) is 3.05. The fraction of sp³-hybridized carbons (Fsp3) is 0. The molecule has 0 saturated carbocycles. The molecule has 0 unspecified atom stereocenters. The van der Waals surface area contributed by atoms with E-state index in [9.17, 15) is 10.1 Å². The fourth-order valence-corrected chi connectivity index (χ4v) is 2.33. The van der Waals surface area contributed by atoms with Gasteiger partial charge in [-0.05, 0) is 42.5 Å². The number of nitriles is 1. The predicted octanol–water partition coefficient (Wildman–Crippen LogP) is 3.78. The Hall–Kier alpha value is -3.11. The van der Waals surface area contributed by atoms with Crippen LogP contribution >= 0.6 is 15.9 Å². The van der Waals surface area contributed by atoms with Crippen molar-refractivity contribution in [3.63, 3.8) is 0 Å². The van der Waals surface area contributed by atoms with Gasteiger partial charge in [-0.1, -0.05) is 15.9 Å². The molecule has 0 radical (unpaired) electrons. The highest BCUT2D eigenvalue weighted by Gasteiger charge is 2.09. The molecule has 3 N–H and O–H groups in total. The summed E-state index contributed by atoms with van der Waals surface area (Å²) in [6.07, 6.45) is 2.99. The van der Waals surface area contributed by atoms with Crippen molar-refractivity contribution in [1.82, 2.24) is 9.97 Å². The molecule has 3 rings (SSSR count). The lowest BCUT2D eigenvalue weighted by Gasteiger charge is -2.05. The standard InChI is InChI=1S/C17H12BrN5O/c18-12-1-3-13(4-2-12)23-17(24)11(8-19)9-20-14-5-6-15-16(7-14)22-10-21-15/h1-7,9-10,20H,(H,21,22)(H,23,24)/b11-9-. The number of hydrogen-bond donors (Lipinski definition) is 3. The van der Waals surface area contributed by atoms with Crippen molar-refractivity contribution in [1.29, 1.82) is 5.26 Å². The van der Waals surface area contributed by atoms with Crippen LogP contribution in [0.5, 0.6) is 0 Å². The summed E-state index contributed by atoms with van der Waals surface area (Å²) in [6, 6.07) is 14.5. The van der Waals surface area contributed by atoms with Gasteiger partial charge in [-0.25, -0.2) is 4.98 Å². The van der Waals surface area contributed by atoms with Gasteiger partial charge in [0.2, 0.25) is 0 Å². The van der Waals surface area contributed by atoms with Crippen LogP contribution in [0.25, 0.3) is 11.0 Å². The molecule has 6 nitrogen and oxygen atoms in total. The molecule has 0 spiro atoms. The number of benzene rings is 2. The lowest BCUT2D eigenvalue weighted by molar-refractivity contribution is -0.112. The summed E-state index contributed by atoms with van der Waals surface area (Å²) in [6.45, 7) is 0. The lowest BCUT2D eigenvalue weighted by atomic mass is 10.2. The quantitative estimate of drug-likeness (QED) is 0.473. The van der Waals surface area contributed by atoms with E-state index in [1.807, 2.05) is 36.4 Å². The number of fused-ring (bicyclic) bond motifs is 1. The maximum Gasteiger partial charge on any atom is 0.267 e. The predicted molar refractivity (Wildman–Crippen MR) is 96.2 cm³/mol. The molecular formula is C17H12BrN5O. The van der Waals surface area contributed by atoms with E-state index in [1.165, 1.54) is 6.20 Å². The number of halogens is 1. The molecule has 0 bridgehead atoms. The van der Waals surface area contributed by atoms with E-state index in [0.29, 0.717) is 5.69 Å². The van der Waals surface area contributed by atoms with Gasteiger partial charge in [0, 0.05) is 22.0 Å². The highest BCUT2D eigenvalue weighted by atomic mass is 79.9.